The number of nitrogens with one attached hydrogen (secondary N) is 1. The minimum atomic E-state index is -4.46. The topological polar surface area (TPSA) is 110 Å². The lowest BCUT2D eigenvalue weighted by Gasteiger charge is -2.09. The average molecular weight is 340 g/mol. The number of rotatable bonds is 6. The van der Waals surface area contributed by atoms with E-state index in [9.17, 15) is 22.4 Å². The van der Waals surface area contributed by atoms with Gasteiger partial charge in [-0.05, 0) is 19.1 Å². The van der Waals surface area contributed by atoms with Gasteiger partial charge in [-0.25, -0.2) is 17.6 Å². The summed E-state index contributed by atoms with van der Waals surface area (Å²) in [6, 6.07) is 1.53. The first-order chi connectivity index (χ1) is 9.69. The zero-order chi connectivity index (χ0) is 16.2. The molecule has 1 aromatic rings. The van der Waals surface area contributed by atoms with Crippen LogP contribution in [0.2, 0.25) is 5.02 Å². The second-order valence-corrected chi connectivity index (χ2v) is 5.87. The molecule has 7 nitrogen and oxygen atoms in total. The Morgan fingerprint density at radius 3 is 2.57 bits per heavy atom. The quantitative estimate of drug-likeness (QED) is 0.749. The Morgan fingerprint density at radius 2 is 2.05 bits per heavy atom. The maximum atomic E-state index is 13.9. The van der Waals surface area contributed by atoms with Crippen molar-refractivity contribution in [1.82, 2.24) is 4.72 Å². The maximum Gasteiger partial charge on any atom is 0.338 e. The highest BCUT2D eigenvalue weighted by Gasteiger charge is 2.25. The number of carboxylic acid groups (broad SMARTS) is 1. The smallest absolute Gasteiger partial charge is 0.338 e. The zero-order valence-electron chi connectivity index (χ0n) is 10.7. The van der Waals surface area contributed by atoms with Crippen molar-refractivity contribution in [2.75, 3.05) is 13.2 Å². The summed E-state index contributed by atoms with van der Waals surface area (Å²) in [6.45, 7) is 0.863. The number of hydrogen-bond acceptors (Lipinski definition) is 5. The molecule has 0 saturated carbocycles. The monoisotopic (exact) mass is 339 g/mol. The molecule has 0 aliphatic heterocycles. The number of sulfonamides is 1. The van der Waals surface area contributed by atoms with Crippen molar-refractivity contribution in [1.29, 1.82) is 0 Å². The number of carbonyl (C=O) groups is 2. The molecule has 0 saturated heterocycles. The van der Waals surface area contributed by atoms with Crippen LogP contribution < -0.4 is 4.72 Å². The highest BCUT2D eigenvalue weighted by Crippen LogP contribution is 2.23. The molecule has 0 spiro atoms. The molecule has 116 valence electrons. The molecule has 0 unspecified atom stereocenters. The number of esters is 1. The van der Waals surface area contributed by atoms with Gasteiger partial charge in [0.05, 0.1) is 12.2 Å². The van der Waals surface area contributed by atoms with Gasteiger partial charge in [-0.1, -0.05) is 11.6 Å². The van der Waals surface area contributed by atoms with Gasteiger partial charge >= 0.3 is 11.9 Å². The largest absolute Gasteiger partial charge is 0.478 e. The van der Waals surface area contributed by atoms with Gasteiger partial charge < -0.3 is 9.84 Å². The van der Waals surface area contributed by atoms with E-state index in [-0.39, 0.29) is 11.6 Å². The first-order valence-electron chi connectivity index (χ1n) is 5.56. The molecule has 0 heterocycles. The van der Waals surface area contributed by atoms with Crippen LogP contribution in [0, 0.1) is 5.82 Å². The van der Waals surface area contributed by atoms with Crippen LogP contribution in [0.15, 0.2) is 17.0 Å². The predicted molar refractivity (Wildman–Crippen MR) is 70.2 cm³/mol. The van der Waals surface area contributed by atoms with Crippen molar-refractivity contribution in [2.45, 2.75) is 11.8 Å². The van der Waals surface area contributed by atoms with E-state index in [2.05, 4.69) is 4.74 Å². The number of halogens is 2. The van der Waals surface area contributed by atoms with E-state index in [1.54, 1.807) is 4.72 Å². The first kappa shape index (κ1) is 17.3. The van der Waals surface area contributed by atoms with Gasteiger partial charge in [-0.2, -0.15) is 4.72 Å². The van der Waals surface area contributed by atoms with E-state index in [1.165, 1.54) is 6.92 Å². The Balaban J connectivity index is 3.14. The Kier molecular flexibility index (Phi) is 5.64. The standard InChI is InChI=1S/C11H11ClFNO6S/c1-2-20-9(15)5-14-21(18,19)8-4-6(12)3-7(10(8)13)11(16)17/h3-4,14H,2,5H2,1H3,(H,16,17). The molecule has 0 amide bonds. The molecular weight excluding hydrogens is 329 g/mol. The molecule has 0 fully saturated rings. The van der Waals surface area contributed by atoms with E-state index in [0.29, 0.717) is 0 Å². The van der Waals surface area contributed by atoms with Gasteiger partial charge in [0.15, 0.2) is 5.82 Å². The molecule has 21 heavy (non-hydrogen) atoms. The van der Waals surface area contributed by atoms with Crippen LogP contribution >= 0.6 is 11.6 Å². The minimum absolute atomic E-state index is 0.0508. The van der Waals surface area contributed by atoms with E-state index >= 15 is 0 Å². The normalized spacial score (nSPS) is 11.2. The Hall–Kier alpha value is -1.71. The molecule has 2 N–H and O–H groups in total. The summed E-state index contributed by atoms with van der Waals surface area (Å²) < 4.78 is 44.0. The lowest BCUT2D eigenvalue weighted by Crippen LogP contribution is -2.31. The molecular formula is C11H11ClFNO6S. The summed E-state index contributed by atoms with van der Waals surface area (Å²) in [4.78, 5) is 20.9. The molecule has 0 aromatic heterocycles. The third-order valence-electron chi connectivity index (χ3n) is 2.24. The summed E-state index contributed by atoms with van der Waals surface area (Å²) in [7, 11) is -4.46. The second-order valence-electron chi connectivity index (χ2n) is 3.70. The van der Waals surface area contributed by atoms with E-state index in [1.807, 2.05) is 0 Å². The number of carboxylic acids is 1. The van der Waals surface area contributed by atoms with Crippen molar-refractivity contribution in [3.05, 3.63) is 28.5 Å². The summed E-state index contributed by atoms with van der Waals surface area (Å²) in [5.41, 5.74) is -0.890. The van der Waals surface area contributed by atoms with E-state index in [0.717, 1.165) is 12.1 Å². The molecule has 1 rings (SSSR count). The average Bonchev–Trinajstić information content (AvgIpc) is 2.39. The lowest BCUT2D eigenvalue weighted by atomic mass is 10.2. The summed E-state index contributed by atoms with van der Waals surface area (Å²) in [6.07, 6.45) is 0. The Morgan fingerprint density at radius 1 is 1.43 bits per heavy atom. The molecule has 0 atom stereocenters. The van der Waals surface area contributed by atoms with Crippen molar-refractivity contribution in [2.24, 2.45) is 0 Å². The Labute approximate surface area is 124 Å². The van der Waals surface area contributed by atoms with Gasteiger partial charge in [-0.3, -0.25) is 4.79 Å². The van der Waals surface area contributed by atoms with Gasteiger partial charge in [0.1, 0.15) is 11.4 Å². The number of benzene rings is 1. The minimum Gasteiger partial charge on any atom is -0.478 e. The van der Waals surface area contributed by atoms with Gasteiger partial charge in [0.25, 0.3) is 0 Å². The molecule has 10 heteroatoms. The van der Waals surface area contributed by atoms with Crippen molar-refractivity contribution in [3.63, 3.8) is 0 Å². The summed E-state index contributed by atoms with van der Waals surface area (Å²) in [5.74, 6) is -4.00. The van der Waals surface area contributed by atoms with Crippen molar-refractivity contribution >= 4 is 33.6 Å². The lowest BCUT2D eigenvalue weighted by molar-refractivity contribution is -0.141. The van der Waals surface area contributed by atoms with Gasteiger partial charge in [0, 0.05) is 5.02 Å². The number of ether oxygens (including phenoxy) is 1. The number of hydrogen-bond donors (Lipinski definition) is 2. The van der Waals surface area contributed by atoms with Crippen molar-refractivity contribution < 1.29 is 32.2 Å². The highest BCUT2D eigenvalue weighted by molar-refractivity contribution is 7.89. The third kappa shape index (κ3) is 4.38. The third-order valence-corrected chi connectivity index (χ3v) is 3.85. The molecule has 1 aromatic carbocycles. The number of aromatic carboxylic acids is 1. The zero-order valence-corrected chi connectivity index (χ0v) is 12.3. The molecule has 0 aliphatic carbocycles. The molecule has 0 bridgehead atoms. The van der Waals surface area contributed by atoms with Crippen LogP contribution in [0.25, 0.3) is 0 Å². The predicted octanol–water partition coefficient (Wildman–Crippen LogP) is 1.02. The van der Waals surface area contributed by atoms with E-state index < -0.39 is 44.8 Å². The molecule has 0 aliphatic rings. The van der Waals surface area contributed by atoms with Crippen LogP contribution in [0.1, 0.15) is 17.3 Å². The fraction of sp³-hybridized carbons (Fsp3) is 0.273. The summed E-state index contributed by atoms with van der Waals surface area (Å²) in [5, 5.41) is 8.51. The molecule has 0 radical (unpaired) electrons. The van der Waals surface area contributed by atoms with E-state index in [4.69, 9.17) is 16.7 Å². The Bertz CT molecular complexity index is 676. The maximum absolute atomic E-state index is 13.9. The van der Waals surface area contributed by atoms with Gasteiger partial charge in [-0.15, -0.1) is 0 Å². The van der Waals surface area contributed by atoms with Crippen LogP contribution in [0.4, 0.5) is 4.39 Å². The van der Waals surface area contributed by atoms with Crippen LogP contribution in [-0.2, 0) is 19.6 Å². The highest BCUT2D eigenvalue weighted by atomic mass is 35.5. The fourth-order valence-corrected chi connectivity index (χ4v) is 2.73. The van der Waals surface area contributed by atoms with Crippen molar-refractivity contribution in [3.8, 4) is 0 Å². The van der Waals surface area contributed by atoms with Gasteiger partial charge in [0.2, 0.25) is 10.0 Å². The van der Waals surface area contributed by atoms with Crippen LogP contribution in [0.5, 0.6) is 0 Å². The SMILES string of the molecule is CCOC(=O)CNS(=O)(=O)c1cc(Cl)cc(C(=O)O)c1F. The van der Waals surface area contributed by atoms with Crippen LogP contribution in [-0.4, -0.2) is 38.6 Å². The fourth-order valence-electron chi connectivity index (χ4n) is 1.36. The number of carbonyl (C=O) groups excluding carboxylic acids is 1. The first-order valence-corrected chi connectivity index (χ1v) is 7.42. The second kappa shape index (κ2) is 6.83. The summed E-state index contributed by atoms with van der Waals surface area (Å²) >= 11 is 5.57. The van der Waals surface area contributed by atoms with Crippen LogP contribution in [0.3, 0.4) is 0 Å².